The third-order valence-electron chi connectivity index (χ3n) is 5.18. The van der Waals surface area contributed by atoms with E-state index < -0.39 is 5.56 Å². The molecule has 0 saturated carbocycles. The Labute approximate surface area is 200 Å². The minimum absolute atomic E-state index is 0.00356. The number of aromatic amines is 1. The van der Waals surface area contributed by atoms with Gasteiger partial charge in [-0.15, -0.1) is 0 Å². The third kappa shape index (κ3) is 4.51. The lowest BCUT2D eigenvalue weighted by molar-refractivity contribution is 0.892. The molecular formula is C26H19ClN6O. The molecule has 2 aromatic heterocycles. The first-order valence-corrected chi connectivity index (χ1v) is 10.9. The summed E-state index contributed by atoms with van der Waals surface area (Å²) in [6, 6.07) is 30.2. The van der Waals surface area contributed by atoms with Crippen LogP contribution < -0.4 is 11.0 Å². The lowest BCUT2D eigenvalue weighted by Gasteiger charge is -2.08. The van der Waals surface area contributed by atoms with Crippen molar-refractivity contribution in [2.45, 2.75) is 0 Å². The van der Waals surface area contributed by atoms with Crippen LogP contribution in [0.2, 0.25) is 5.02 Å². The largest absolute Gasteiger partial charge is 0.285 e. The predicted molar refractivity (Wildman–Crippen MR) is 136 cm³/mol. The van der Waals surface area contributed by atoms with Gasteiger partial charge in [0.05, 0.1) is 29.5 Å². The van der Waals surface area contributed by atoms with Gasteiger partial charge in [-0.1, -0.05) is 84.4 Å². The first kappa shape index (κ1) is 21.4. The van der Waals surface area contributed by atoms with Crippen LogP contribution >= 0.6 is 11.6 Å². The summed E-state index contributed by atoms with van der Waals surface area (Å²) in [4.78, 5) is 11.5. The van der Waals surface area contributed by atoms with E-state index in [1.165, 1.54) is 6.20 Å². The van der Waals surface area contributed by atoms with E-state index >= 15 is 0 Å². The molecule has 0 aliphatic heterocycles. The number of rotatable bonds is 6. The topological polar surface area (TPSA) is 88.0 Å². The van der Waals surface area contributed by atoms with Crippen molar-refractivity contribution in [3.8, 4) is 28.2 Å². The highest BCUT2D eigenvalue weighted by Gasteiger charge is 2.13. The van der Waals surface area contributed by atoms with Gasteiger partial charge in [-0.2, -0.15) is 15.3 Å². The molecule has 34 heavy (non-hydrogen) atoms. The molecule has 166 valence electrons. The van der Waals surface area contributed by atoms with Gasteiger partial charge in [0.1, 0.15) is 10.7 Å². The highest BCUT2D eigenvalue weighted by molar-refractivity contribution is 6.32. The van der Waals surface area contributed by atoms with Crippen molar-refractivity contribution in [1.29, 1.82) is 0 Å². The number of nitrogens with one attached hydrogen (secondary N) is 2. The molecule has 5 rings (SSSR count). The average molecular weight is 467 g/mol. The van der Waals surface area contributed by atoms with Gasteiger partial charge in [0.15, 0.2) is 0 Å². The van der Waals surface area contributed by atoms with Crippen molar-refractivity contribution in [3.63, 3.8) is 0 Å². The number of aromatic nitrogens is 4. The predicted octanol–water partition coefficient (Wildman–Crippen LogP) is 5.39. The maximum atomic E-state index is 11.5. The number of nitrogens with zero attached hydrogens (tertiary/aromatic N) is 4. The summed E-state index contributed by atoms with van der Waals surface area (Å²) in [5.74, 6) is 0. The Morgan fingerprint density at radius 2 is 1.59 bits per heavy atom. The van der Waals surface area contributed by atoms with Gasteiger partial charge >= 0.3 is 0 Å². The van der Waals surface area contributed by atoms with Gasteiger partial charge in [0.2, 0.25) is 0 Å². The molecular weight excluding hydrogens is 448 g/mol. The molecule has 0 spiro atoms. The second-order valence-corrected chi connectivity index (χ2v) is 7.82. The molecule has 0 radical (unpaired) electrons. The fraction of sp³-hybridized carbons (Fsp3) is 0. The summed E-state index contributed by atoms with van der Waals surface area (Å²) in [7, 11) is 0. The lowest BCUT2D eigenvalue weighted by atomic mass is 10.1. The van der Waals surface area contributed by atoms with E-state index in [0.717, 1.165) is 33.8 Å². The normalized spacial score (nSPS) is 11.1. The maximum absolute atomic E-state index is 11.5. The number of hydrogen-bond donors (Lipinski definition) is 2. The maximum Gasteiger partial charge on any atom is 0.285 e. The van der Waals surface area contributed by atoms with E-state index in [9.17, 15) is 4.79 Å². The molecule has 0 bridgehead atoms. The van der Waals surface area contributed by atoms with E-state index in [-0.39, 0.29) is 5.02 Å². The number of H-pyrrole nitrogens is 1. The average Bonchev–Trinajstić information content (AvgIpc) is 3.34. The van der Waals surface area contributed by atoms with Crippen molar-refractivity contribution in [2.75, 3.05) is 5.43 Å². The Balaban J connectivity index is 1.44. The van der Waals surface area contributed by atoms with Gasteiger partial charge in [-0.25, -0.2) is 9.78 Å². The minimum atomic E-state index is -0.477. The van der Waals surface area contributed by atoms with Crippen LogP contribution in [0.5, 0.6) is 0 Å². The SMILES string of the molecule is O=c1[nH]ncc(N/N=C/c2ccc(-n3nc(-c4ccccc4)cc3-c3ccccc3)cc2)c1Cl. The minimum Gasteiger partial charge on any atom is -0.275 e. The molecule has 0 fully saturated rings. The van der Waals surface area contributed by atoms with Gasteiger partial charge in [0.25, 0.3) is 5.56 Å². The summed E-state index contributed by atoms with van der Waals surface area (Å²) in [6.07, 6.45) is 3.04. The van der Waals surface area contributed by atoms with E-state index in [1.807, 2.05) is 65.3 Å². The van der Waals surface area contributed by atoms with Crippen LogP contribution in [0.25, 0.3) is 28.2 Å². The Kier molecular flexibility index (Phi) is 6.01. The molecule has 0 aliphatic carbocycles. The van der Waals surface area contributed by atoms with Crippen molar-refractivity contribution in [1.82, 2.24) is 20.0 Å². The van der Waals surface area contributed by atoms with Crippen LogP contribution in [-0.2, 0) is 0 Å². The van der Waals surface area contributed by atoms with Gasteiger partial charge < -0.3 is 0 Å². The second kappa shape index (κ2) is 9.56. The number of anilines is 1. The van der Waals surface area contributed by atoms with E-state index in [4.69, 9.17) is 16.7 Å². The molecule has 7 nitrogen and oxygen atoms in total. The molecule has 8 heteroatoms. The second-order valence-electron chi connectivity index (χ2n) is 7.45. The number of hydrazone groups is 1. The standard InChI is InChI=1S/C26H19ClN6O/c27-25-23(17-29-31-26(25)34)30-28-16-18-11-13-21(14-12-18)33-24(20-9-5-2-6-10-20)15-22(32-33)19-7-3-1-4-8-19/h1-17H,(H2,30,31,34)/b28-16+. The number of benzene rings is 3. The molecule has 2 N–H and O–H groups in total. The monoisotopic (exact) mass is 466 g/mol. The Morgan fingerprint density at radius 3 is 2.29 bits per heavy atom. The fourth-order valence-electron chi connectivity index (χ4n) is 3.48. The van der Waals surface area contributed by atoms with Crippen molar-refractivity contribution < 1.29 is 0 Å². The third-order valence-corrected chi connectivity index (χ3v) is 5.56. The molecule has 0 amide bonds. The summed E-state index contributed by atoms with van der Waals surface area (Å²) in [5, 5.41) is 15.0. The van der Waals surface area contributed by atoms with Crippen molar-refractivity contribution >= 4 is 23.5 Å². The highest BCUT2D eigenvalue weighted by Crippen LogP contribution is 2.28. The van der Waals surface area contributed by atoms with Crippen LogP contribution in [0.15, 0.2) is 107 Å². The first-order valence-electron chi connectivity index (χ1n) is 10.5. The Morgan fingerprint density at radius 1 is 0.912 bits per heavy atom. The van der Waals surface area contributed by atoms with Crippen LogP contribution in [0.3, 0.4) is 0 Å². The number of hydrogen-bond acceptors (Lipinski definition) is 5. The zero-order valence-corrected chi connectivity index (χ0v) is 18.6. The highest BCUT2D eigenvalue weighted by atomic mass is 35.5. The molecule has 0 saturated heterocycles. The van der Waals surface area contributed by atoms with E-state index in [0.29, 0.717) is 5.69 Å². The van der Waals surface area contributed by atoms with E-state index in [1.54, 1.807) is 6.21 Å². The van der Waals surface area contributed by atoms with Crippen molar-refractivity contribution in [3.05, 3.63) is 118 Å². The molecule has 2 heterocycles. The summed E-state index contributed by atoms with van der Waals surface area (Å²) < 4.78 is 1.94. The molecule has 5 aromatic rings. The van der Waals surface area contributed by atoms with Crippen molar-refractivity contribution in [2.24, 2.45) is 5.10 Å². The number of halogens is 1. The van der Waals surface area contributed by atoms with Gasteiger partial charge in [-0.05, 0) is 23.8 Å². The fourth-order valence-corrected chi connectivity index (χ4v) is 3.62. The summed E-state index contributed by atoms with van der Waals surface area (Å²) >= 11 is 5.95. The van der Waals surface area contributed by atoms with Crippen LogP contribution in [0.4, 0.5) is 5.69 Å². The summed E-state index contributed by atoms with van der Waals surface area (Å²) in [6.45, 7) is 0. The lowest BCUT2D eigenvalue weighted by Crippen LogP contribution is -2.10. The Hall–Kier alpha value is -4.49. The summed E-state index contributed by atoms with van der Waals surface area (Å²) in [5.41, 5.74) is 8.41. The molecule has 3 aromatic carbocycles. The van der Waals surface area contributed by atoms with Crippen LogP contribution in [0, 0.1) is 0 Å². The quantitative estimate of drug-likeness (QED) is 0.259. The zero-order chi connectivity index (χ0) is 23.3. The Bertz CT molecular complexity index is 1490. The van der Waals surface area contributed by atoms with Crippen LogP contribution in [0.1, 0.15) is 5.56 Å². The smallest absolute Gasteiger partial charge is 0.275 e. The zero-order valence-electron chi connectivity index (χ0n) is 17.9. The van der Waals surface area contributed by atoms with E-state index in [2.05, 4.69) is 51.1 Å². The molecule has 0 unspecified atom stereocenters. The molecule has 0 atom stereocenters. The van der Waals surface area contributed by atoms with Gasteiger partial charge in [0, 0.05) is 11.1 Å². The first-order chi connectivity index (χ1) is 16.7. The molecule has 0 aliphatic rings. The van der Waals surface area contributed by atoms with Crippen LogP contribution in [-0.4, -0.2) is 26.2 Å². The van der Waals surface area contributed by atoms with Gasteiger partial charge in [-0.3, -0.25) is 10.2 Å².